The first-order chi connectivity index (χ1) is 63.8. The van der Waals surface area contributed by atoms with Crippen molar-refractivity contribution in [3.8, 4) is 40.3 Å². The molecule has 5 bridgehead atoms. The highest BCUT2D eigenvalue weighted by molar-refractivity contribution is 7.09. The zero-order valence-corrected chi connectivity index (χ0v) is 80.3. The lowest BCUT2D eigenvalue weighted by atomic mass is 9.54. The summed E-state index contributed by atoms with van der Waals surface area (Å²) >= 11 is 1.65. The number of aromatic hydroxyl groups is 4. The summed E-state index contributed by atoms with van der Waals surface area (Å²) < 4.78 is 27.1. The Balaban J connectivity index is 0.000000208. The number of phenolic OH excluding ortho intramolecular Hbond substituents is 4. The predicted octanol–water partition coefficient (Wildman–Crippen LogP) is -0.147. The number of fused-ring (bicyclic) bond motifs is 19. The number of nitrogens with two attached hydrogens (primary N) is 2. The van der Waals surface area contributed by atoms with Gasteiger partial charge >= 0.3 is 17.4 Å². The number of phenols is 4. The minimum atomic E-state index is -2.75. The number of methoxy groups -OCH3 is 1. The average Bonchev–Trinajstić information content (AvgIpc) is 1.34. The van der Waals surface area contributed by atoms with Crippen molar-refractivity contribution >= 4 is 91.8 Å². The first-order valence-corrected chi connectivity index (χ1v) is 44.7. The standard InChI is InChI=1S/C43H58N4O12.C22H24N2O8.C17H20N4O6.C12H17N4OS.ClH/c1-21-12-11-13-22(2)42(55)45-33-28(20-44-47-17-15-46(9)16-18-47)37(52)30-31(38(33)53)36(51)26(6)40-32(30)41(54)43(8,59-40)57-19-14-29(56-10)23(3)39(58-27(7)48)25(5)35(50)24(4)34(21)49;1-21(31)8-5-4-6-11(25)12(8)16(26)13-9(21)7-10-15(24(2)3)17(27)14(20(23)30)19(29)22(10,32)18(13)28;1-7-3-9-10(4-8(7)2)21(5-11(23)14(25)12(24)6-22)15-13(18-9)16(26)20-17(27)19-15;1-8-11(3-4-17)18-7-16(8)6-10-5-14-9(2)15-12(10)13;/h11-14,19-21,23-25,29,34-35,39,49-53H,15-18H2,1-10H3,(H,45,55);4-6,9-10,15,25-26,29,31-32H,7H2,1-3H3,(H2,23,30);3-4,11-12,14,22-25H,5-6H2,1-2H3,(H,20,26,27);5,7,17H,3-4,6H2,1-2H3,(H2,13,14,15);1H/q;;;+1;/p-1/b12-11+,19-14+,22-13-,44-20-;;;;/t21-,23-,24-,25-,29+,34+,35+,39-,43+;9-,10-,15-,21+,22-;11-,12+,14-;;/m101../s1. The van der Waals surface area contributed by atoms with E-state index in [0.29, 0.717) is 48.7 Å². The monoisotopic (exact) mass is 1940 g/mol. The summed E-state index contributed by atoms with van der Waals surface area (Å²) in [4.78, 5) is 126. The maximum absolute atomic E-state index is 14.4. The third-order valence-corrected chi connectivity index (χ3v) is 27.5. The van der Waals surface area contributed by atoms with Crippen molar-refractivity contribution in [3.05, 3.63) is 177 Å². The lowest BCUT2D eigenvalue weighted by Crippen LogP contribution is -3.00. The van der Waals surface area contributed by atoms with Gasteiger partial charge in [0.05, 0.1) is 105 Å². The number of allylic oxidation sites excluding steroid dienone is 2. The number of likely N-dealkylation sites (N-methyl/N-ethyl adjacent to an activating group) is 2. The summed E-state index contributed by atoms with van der Waals surface area (Å²) in [7, 11) is 6.43. The van der Waals surface area contributed by atoms with Crippen molar-refractivity contribution in [2.45, 2.75) is 182 Å². The number of carbonyl (C=O) groups excluding carboxylic acids is 6. The summed E-state index contributed by atoms with van der Waals surface area (Å²) in [5, 5.41) is 170. The van der Waals surface area contributed by atoms with E-state index in [2.05, 4.69) is 44.8 Å². The molecule has 6 aromatic rings. The summed E-state index contributed by atoms with van der Waals surface area (Å²) in [6.45, 7) is 23.9. The third-order valence-electron chi connectivity index (χ3n) is 26.3. The van der Waals surface area contributed by atoms with E-state index < -0.39 is 200 Å². The molecule has 4 aromatic carbocycles. The number of rotatable bonds is 15. The number of H-pyrrole nitrogens is 1. The van der Waals surface area contributed by atoms with Crippen molar-refractivity contribution in [2.24, 2.45) is 46.3 Å². The molecule has 15 rings (SSSR count). The van der Waals surface area contributed by atoms with E-state index in [0.717, 1.165) is 35.5 Å². The number of anilines is 2. The van der Waals surface area contributed by atoms with Crippen LogP contribution in [0.15, 0.2) is 110 Å². The van der Waals surface area contributed by atoms with E-state index in [1.165, 1.54) is 113 Å². The number of nitrogens with one attached hydrogen (secondary N) is 2. The zero-order valence-electron chi connectivity index (χ0n) is 78.7. The molecule has 9 aliphatic rings. The molecular formula is C94H119ClN14O27S. The fourth-order valence-electron chi connectivity index (χ4n) is 18.1. The first-order valence-electron chi connectivity index (χ1n) is 43.8. The highest BCUT2D eigenvalue weighted by Gasteiger charge is 2.67. The van der Waals surface area contributed by atoms with Crippen LogP contribution in [0.25, 0.3) is 39.1 Å². The van der Waals surface area contributed by atoms with Crippen LogP contribution >= 0.6 is 11.3 Å². The van der Waals surface area contributed by atoms with E-state index in [9.17, 15) is 105 Å². The van der Waals surface area contributed by atoms with Gasteiger partial charge in [-0.2, -0.15) is 14.7 Å². The number of carbonyl (C=O) groups is 6. The molecule has 6 aliphatic heterocycles. The molecule has 2 amide bonds. The second-order valence-electron chi connectivity index (χ2n) is 35.7. The molecule has 2 fully saturated rings. The van der Waals surface area contributed by atoms with E-state index in [1.807, 2.05) is 40.3 Å². The predicted molar refractivity (Wildman–Crippen MR) is 497 cm³/mol. The van der Waals surface area contributed by atoms with Crippen LogP contribution in [0.2, 0.25) is 0 Å². The van der Waals surface area contributed by atoms with Gasteiger partial charge in [0.1, 0.15) is 76.1 Å². The Kier molecular flexibility index (Phi) is 33.3. The molecule has 21 N–H and O–H groups in total. The topological polar surface area (TPSA) is 639 Å². The van der Waals surface area contributed by atoms with Gasteiger partial charge in [-0.25, -0.2) is 19.7 Å². The number of nitrogens with zero attached hydrogens (tertiary/aromatic N) is 10. The minimum Gasteiger partial charge on any atom is -1.00 e. The highest BCUT2D eigenvalue weighted by atomic mass is 35.5. The number of esters is 1. The van der Waals surface area contributed by atoms with Gasteiger partial charge in [-0.3, -0.25) is 48.5 Å². The largest absolute Gasteiger partial charge is 1.00 e. The molecule has 0 radical (unpaired) electrons. The first kappa shape index (κ1) is 107. The minimum absolute atomic E-state index is 0. The number of primary amides is 1. The summed E-state index contributed by atoms with van der Waals surface area (Å²) in [5.41, 5.74) is 10.2. The molecule has 2 aromatic heterocycles. The number of benzene rings is 4. The van der Waals surface area contributed by atoms with Crippen LogP contribution in [-0.4, -0.2) is 290 Å². The number of thiazole rings is 1. The van der Waals surface area contributed by atoms with E-state index in [1.54, 1.807) is 74.5 Å². The van der Waals surface area contributed by atoms with Crippen molar-refractivity contribution in [3.63, 3.8) is 0 Å². The molecule has 17 atom stereocenters. The molecular weight excluding hydrogens is 1820 g/mol. The van der Waals surface area contributed by atoms with E-state index in [4.69, 9.17) is 40.6 Å². The van der Waals surface area contributed by atoms with Gasteiger partial charge in [0.25, 0.3) is 23.2 Å². The molecule has 137 heavy (non-hydrogen) atoms. The fourth-order valence-corrected chi connectivity index (χ4v) is 19.1. The maximum atomic E-state index is 14.4. The molecule has 1 saturated heterocycles. The Labute approximate surface area is 797 Å². The number of aliphatic hydroxyl groups is 11. The van der Waals surface area contributed by atoms with Crippen molar-refractivity contribution in [2.75, 3.05) is 78.7 Å². The molecule has 43 heteroatoms. The quantitative estimate of drug-likeness (QED) is 0.0121. The number of aromatic amines is 1. The number of ketones is 3. The van der Waals surface area contributed by atoms with Crippen LogP contribution < -0.4 is 49.7 Å². The zero-order chi connectivity index (χ0) is 101. The third kappa shape index (κ3) is 21.0. The van der Waals surface area contributed by atoms with Crippen molar-refractivity contribution in [1.82, 2.24) is 44.3 Å². The molecule has 3 aliphatic carbocycles. The van der Waals surface area contributed by atoms with E-state index >= 15 is 0 Å². The highest BCUT2D eigenvalue weighted by Crippen LogP contribution is 2.59. The second-order valence-corrected chi connectivity index (χ2v) is 36.7. The molecule has 0 spiro atoms. The number of ether oxygens (including phenoxy) is 4. The number of hydrazone groups is 1. The SMILES string of the molecule is CN(C)[C@@H]1C(=O)C(C(N)=O)=C(O)[C@@]2(O)C(=O)C3=C(O)c4c(O)cccc4[C@@](C)(O)[C@H]3C[C@@H]12.CO[C@H]1/C=C/O[C@@]2(C)Oc3c(C)c(O)c4c(O)c(c(/C=N\N5CCN(C)CC5)c(O)c4c3C2=O)NC(=O)/C(C)=C\C=C\[C@@H](C)[C@H](O)[C@@H](C)[C@H](O)[C@@H](C)[C@H](OC(C)=O)[C@@H]1C.Cc1cc2nc3c(=O)[nH]c(=O)nc-3n(C[C@@H](O)[C@@H](O)[C@@H](O)CO)c2cc1C.Cc1ncc(C[n+]2csc(CCO)c2C)c(N)n1.[Cl-]. The molecule has 8 heterocycles. The van der Waals surface area contributed by atoms with Gasteiger partial charge in [0.2, 0.25) is 11.3 Å². The molecule has 1 saturated carbocycles. The lowest BCUT2D eigenvalue weighted by molar-refractivity contribution is -0.689. The second kappa shape index (κ2) is 42.8. The number of Topliss-reactive ketones (excluding diaryl/α,β-unsaturated/α-hetero) is 3. The van der Waals surface area contributed by atoms with Gasteiger partial charge in [-0.05, 0) is 110 Å². The Morgan fingerprint density at radius 2 is 1.50 bits per heavy atom. The summed E-state index contributed by atoms with van der Waals surface area (Å²) in [6.07, 6.45) is 2.45. The van der Waals surface area contributed by atoms with Crippen LogP contribution in [-0.2, 0) is 63.3 Å². The molecule has 41 nitrogen and oxygen atoms in total. The van der Waals surface area contributed by atoms with Crippen LogP contribution in [0.3, 0.4) is 0 Å². The number of aliphatic hydroxyl groups excluding tert-OH is 9. The average molecular weight is 1940 g/mol. The summed E-state index contributed by atoms with van der Waals surface area (Å²) in [5.74, 6) is -15.1. The number of nitrogen functional groups attached to an aromatic ring is 1. The Hall–Kier alpha value is -12.3. The van der Waals surface area contributed by atoms with Crippen molar-refractivity contribution < 1.29 is 141 Å². The summed E-state index contributed by atoms with van der Waals surface area (Å²) in [6, 6.07) is 6.55. The Morgan fingerprint density at radius 1 is 0.839 bits per heavy atom. The van der Waals surface area contributed by atoms with Crippen LogP contribution in [0.1, 0.15) is 128 Å². The number of aromatic nitrogens is 7. The number of hydrogen-bond acceptors (Lipinski definition) is 37. The normalized spacial score (nSPS) is 26.3. The van der Waals surface area contributed by atoms with Crippen LogP contribution in [0, 0.1) is 70.1 Å². The Bertz CT molecular complexity index is 6280. The lowest BCUT2D eigenvalue weighted by Gasteiger charge is -2.53. The fraction of sp³-hybridized carbons (Fsp3) is 0.468. The van der Waals surface area contributed by atoms with Crippen molar-refractivity contribution in [1.29, 1.82) is 0 Å². The molecule has 740 valence electrons. The number of halogens is 1. The molecule has 0 unspecified atom stereocenters. The number of hydrogen-bond donors (Lipinski definition) is 19. The number of piperazine rings is 1. The van der Waals surface area contributed by atoms with Gasteiger partial charge in [0, 0.05) is 131 Å². The van der Waals surface area contributed by atoms with Gasteiger partial charge in [-0.1, -0.05) is 69.4 Å². The van der Waals surface area contributed by atoms with Crippen LogP contribution in [0.4, 0.5) is 11.5 Å². The van der Waals surface area contributed by atoms with Gasteiger partial charge in [0.15, 0.2) is 40.9 Å². The van der Waals surface area contributed by atoms with Crippen LogP contribution in [0.5, 0.6) is 28.7 Å². The van der Waals surface area contributed by atoms with Gasteiger partial charge in [-0.15, -0.1) is 0 Å². The number of aryl methyl sites for hydroxylation is 3. The van der Waals surface area contributed by atoms with Gasteiger partial charge < -0.3 is 134 Å². The maximum Gasteiger partial charge on any atom is 0.349 e. The Morgan fingerprint density at radius 3 is 2.12 bits per heavy atom. The number of amides is 2. The van der Waals surface area contributed by atoms with E-state index in [-0.39, 0.29) is 99.1 Å². The smallest absolute Gasteiger partial charge is 0.349 e.